The van der Waals surface area contributed by atoms with Gasteiger partial charge in [0.1, 0.15) is 11.4 Å². The van der Waals surface area contributed by atoms with E-state index in [1.54, 1.807) is 12.1 Å². The Morgan fingerprint density at radius 3 is 2.31 bits per heavy atom. The number of sulfonamides is 1. The van der Waals surface area contributed by atoms with Crippen LogP contribution in [0.25, 0.3) is 0 Å². The molecular formula is C20H21N3O4S2. The van der Waals surface area contributed by atoms with Crippen molar-refractivity contribution >= 4 is 38.1 Å². The number of methoxy groups -OCH3 is 1. The predicted molar refractivity (Wildman–Crippen MR) is 114 cm³/mol. The summed E-state index contributed by atoms with van der Waals surface area (Å²) in [7, 11) is -2.31. The molecule has 0 aliphatic heterocycles. The summed E-state index contributed by atoms with van der Waals surface area (Å²) in [4.78, 5) is 16.6. The molecule has 152 valence electrons. The van der Waals surface area contributed by atoms with Crippen LogP contribution < -0.4 is 14.8 Å². The number of carbonyl (C=O) groups excluding carboxylic acids is 1. The average molecular weight is 432 g/mol. The van der Waals surface area contributed by atoms with Crippen LogP contribution in [0.15, 0.2) is 58.8 Å². The molecule has 3 aromatic rings. The first-order chi connectivity index (χ1) is 13.8. The molecule has 2 aromatic carbocycles. The molecule has 1 amide bonds. The van der Waals surface area contributed by atoms with Crippen molar-refractivity contribution in [3.8, 4) is 5.75 Å². The van der Waals surface area contributed by atoms with E-state index in [4.69, 9.17) is 4.74 Å². The van der Waals surface area contributed by atoms with Crippen molar-refractivity contribution in [3.05, 3.63) is 65.2 Å². The largest absolute Gasteiger partial charge is 0.497 e. The molecule has 0 saturated carbocycles. The fourth-order valence-corrected chi connectivity index (χ4v) is 4.44. The lowest BCUT2D eigenvalue weighted by Gasteiger charge is -2.07. The van der Waals surface area contributed by atoms with Crippen molar-refractivity contribution in [3.63, 3.8) is 0 Å². The van der Waals surface area contributed by atoms with Crippen LogP contribution in [0.2, 0.25) is 0 Å². The molecule has 3 rings (SSSR count). The third-order valence-electron chi connectivity index (χ3n) is 4.16. The Hall–Kier alpha value is -2.91. The van der Waals surface area contributed by atoms with Crippen LogP contribution in [0.3, 0.4) is 0 Å². The normalized spacial score (nSPS) is 11.3. The summed E-state index contributed by atoms with van der Waals surface area (Å²) in [5.74, 6) is 0.548. The van der Waals surface area contributed by atoms with Gasteiger partial charge < -0.3 is 10.1 Å². The number of ether oxygens (including phenoxy) is 1. The predicted octanol–water partition coefficient (Wildman–Crippen LogP) is 4.33. The standard InChI is InChI=1S/C20H21N3O4S2/c1-13(2)14-4-6-15(7-5-14)21-19(24)18-12-28-20(22-18)23-29(25,26)17-10-8-16(27-3)9-11-17/h4-13H,1-3H3,(H,21,24)(H,22,23). The highest BCUT2D eigenvalue weighted by Gasteiger charge is 2.18. The number of amides is 1. The van der Waals surface area contributed by atoms with Crippen molar-refractivity contribution < 1.29 is 17.9 Å². The van der Waals surface area contributed by atoms with E-state index in [0.717, 1.165) is 11.3 Å². The number of nitrogens with zero attached hydrogens (tertiary/aromatic N) is 1. The zero-order valence-electron chi connectivity index (χ0n) is 16.2. The van der Waals surface area contributed by atoms with Crippen LogP contribution in [0, 0.1) is 0 Å². The lowest BCUT2D eigenvalue weighted by molar-refractivity contribution is 0.102. The van der Waals surface area contributed by atoms with Gasteiger partial charge in [-0.3, -0.25) is 9.52 Å². The monoisotopic (exact) mass is 431 g/mol. The van der Waals surface area contributed by atoms with E-state index >= 15 is 0 Å². The first-order valence-corrected chi connectivity index (χ1v) is 11.2. The van der Waals surface area contributed by atoms with Gasteiger partial charge in [0.25, 0.3) is 15.9 Å². The second-order valence-corrected chi connectivity index (χ2v) is 9.09. The minimum Gasteiger partial charge on any atom is -0.497 e. The molecule has 0 aliphatic rings. The van der Waals surface area contributed by atoms with Gasteiger partial charge in [-0.1, -0.05) is 26.0 Å². The summed E-state index contributed by atoms with van der Waals surface area (Å²) in [6.45, 7) is 4.19. The van der Waals surface area contributed by atoms with Crippen molar-refractivity contribution in [1.29, 1.82) is 0 Å². The minimum absolute atomic E-state index is 0.0738. The van der Waals surface area contributed by atoms with Gasteiger partial charge in [-0.15, -0.1) is 11.3 Å². The minimum atomic E-state index is -3.81. The molecule has 9 heteroatoms. The van der Waals surface area contributed by atoms with Crippen LogP contribution in [-0.4, -0.2) is 26.4 Å². The van der Waals surface area contributed by atoms with Gasteiger partial charge in [0.15, 0.2) is 5.13 Å². The van der Waals surface area contributed by atoms with Crippen molar-refractivity contribution in [2.75, 3.05) is 17.1 Å². The number of carbonyl (C=O) groups is 1. The van der Waals surface area contributed by atoms with E-state index in [1.807, 2.05) is 24.3 Å². The maximum Gasteiger partial charge on any atom is 0.275 e. The first-order valence-electron chi connectivity index (χ1n) is 8.82. The molecule has 0 aliphatic carbocycles. The molecule has 0 radical (unpaired) electrons. The quantitative estimate of drug-likeness (QED) is 0.580. The van der Waals surface area contributed by atoms with E-state index in [-0.39, 0.29) is 15.7 Å². The molecule has 0 bridgehead atoms. The Balaban J connectivity index is 1.68. The fraction of sp³-hybridized carbons (Fsp3) is 0.200. The van der Waals surface area contributed by atoms with Crippen LogP contribution in [0.4, 0.5) is 10.8 Å². The molecule has 7 nitrogen and oxygen atoms in total. The first kappa shape index (κ1) is 20.8. The second kappa shape index (κ2) is 8.62. The number of aromatic nitrogens is 1. The van der Waals surface area contributed by atoms with Gasteiger partial charge in [0, 0.05) is 11.1 Å². The molecule has 0 atom stereocenters. The van der Waals surface area contributed by atoms with Gasteiger partial charge in [-0.25, -0.2) is 13.4 Å². The second-order valence-electron chi connectivity index (χ2n) is 6.55. The van der Waals surface area contributed by atoms with Crippen molar-refractivity contribution in [1.82, 2.24) is 4.98 Å². The number of nitrogens with one attached hydrogen (secondary N) is 2. The summed E-state index contributed by atoms with van der Waals surface area (Å²) in [5, 5.41) is 4.37. The Kier molecular flexibility index (Phi) is 6.19. The number of hydrogen-bond acceptors (Lipinski definition) is 6. The van der Waals surface area contributed by atoms with Gasteiger partial charge in [0.05, 0.1) is 12.0 Å². The van der Waals surface area contributed by atoms with Gasteiger partial charge >= 0.3 is 0 Å². The van der Waals surface area contributed by atoms with Gasteiger partial charge in [0.2, 0.25) is 0 Å². The summed E-state index contributed by atoms with van der Waals surface area (Å²) >= 11 is 1.04. The topological polar surface area (TPSA) is 97.4 Å². The highest BCUT2D eigenvalue weighted by atomic mass is 32.2. The lowest BCUT2D eigenvalue weighted by atomic mass is 10.0. The third-order valence-corrected chi connectivity index (χ3v) is 6.41. The fourth-order valence-electron chi connectivity index (χ4n) is 2.50. The number of rotatable bonds is 7. The van der Waals surface area contributed by atoms with Crippen molar-refractivity contribution in [2.45, 2.75) is 24.7 Å². The van der Waals surface area contributed by atoms with E-state index in [2.05, 4.69) is 28.9 Å². The number of benzene rings is 2. The van der Waals surface area contributed by atoms with E-state index in [0.29, 0.717) is 17.4 Å². The van der Waals surface area contributed by atoms with Crippen LogP contribution in [0.5, 0.6) is 5.75 Å². The Labute approximate surface area is 173 Å². The van der Waals surface area contributed by atoms with Crippen LogP contribution in [0.1, 0.15) is 35.8 Å². The highest BCUT2D eigenvalue weighted by molar-refractivity contribution is 7.93. The highest BCUT2D eigenvalue weighted by Crippen LogP contribution is 2.23. The van der Waals surface area contributed by atoms with Crippen molar-refractivity contribution in [2.24, 2.45) is 0 Å². The third kappa shape index (κ3) is 5.12. The molecular weight excluding hydrogens is 410 g/mol. The smallest absolute Gasteiger partial charge is 0.275 e. The van der Waals surface area contributed by atoms with Gasteiger partial charge in [-0.2, -0.15) is 0 Å². The Morgan fingerprint density at radius 2 is 1.72 bits per heavy atom. The van der Waals surface area contributed by atoms with Crippen LogP contribution in [-0.2, 0) is 10.0 Å². The molecule has 2 N–H and O–H groups in total. The Morgan fingerprint density at radius 1 is 1.07 bits per heavy atom. The molecule has 0 fully saturated rings. The zero-order chi connectivity index (χ0) is 21.0. The molecule has 1 heterocycles. The van der Waals surface area contributed by atoms with E-state index in [1.165, 1.54) is 30.2 Å². The maximum atomic E-state index is 12.5. The summed E-state index contributed by atoms with van der Waals surface area (Å²) in [6.07, 6.45) is 0. The van der Waals surface area contributed by atoms with Gasteiger partial charge in [-0.05, 0) is 47.9 Å². The number of thiazole rings is 1. The Bertz CT molecular complexity index is 1090. The number of hydrogen-bond donors (Lipinski definition) is 2. The zero-order valence-corrected chi connectivity index (χ0v) is 17.8. The van der Waals surface area contributed by atoms with E-state index in [9.17, 15) is 13.2 Å². The molecule has 0 spiro atoms. The summed E-state index contributed by atoms with van der Waals surface area (Å²) in [6, 6.07) is 13.5. The molecule has 0 saturated heterocycles. The summed E-state index contributed by atoms with van der Waals surface area (Å²) < 4.78 is 32.4. The molecule has 1 aromatic heterocycles. The molecule has 0 unspecified atom stereocenters. The van der Waals surface area contributed by atoms with E-state index < -0.39 is 15.9 Å². The maximum absolute atomic E-state index is 12.5. The lowest BCUT2D eigenvalue weighted by Crippen LogP contribution is -2.14. The van der Waals surface area contributed by atoms with Crippen LogP contribution >= 0.6 is 11.3 Å². The average Bonchev–Trinajstić information content (AvgIpc) is 3.16. The SMILES string of the molecule is COc1ccc(S(=O)(=O)Nc2nc(C(=O)Nc3ccc(C(C)C)cc3)cs2)cc1. The number of anilines is 2. The molecule has 29 heavy (non-hydrogen) atoms. The summed E-state index contributed by atoms with van der Waals surface area (Å²) in [5.41, 5.74) is 1.95.